The molecule has 0 heterocycles. The summed E-state index contributed by atoms with van der Waals surface area (Å²) < 4.78 is 0. The topological polar surface area (TPSA) is 69.6 Å². The van der Waals surface area contributed by atoms with Gasteiger partial charge in [-0.3, -0.25) is 4.79 Å². The fourth-order valence-electron chi connectivity index (χ4n) is 1.51. The number of ketones is 1. The van der Waals surface area contributed by atoms with Crippen molar-refractivity contribution in [3.63, 3.8) is 0 Å². The highest BCUT2D eigenvalue weighted by Crippen LogP contribution is 2.03. The van der Waals surface area contributed by atoms with Gasteiger partial charge in [0.15, 0.2) is 0 Å². The van der Waals surface area contributed by atoms with Crippen LogP contribution < -0.4 is 10.8 Å². The van der Waals surface area contributed by atoms with E-state index in [9.17, 15) is 4.79 Å². The summed E-state index contributed by atoms with van der Waals surface area (Å²) in [4.78, 5) is 11.2. The lowest BCUT2D eigenvalue weighted by Gasteiger charge is -2.12. The Labute approximate surface area is 95.4 Å². The summed E-state index contributed by atoms with van der Waals surface area (Å²) in [6, 6.07) is 6.69. The molecule has 86 valence electrons. The Kier molecular flexibility index (Phi) is 4.67. The lowest BCUT2D eigenvalue weighted by atomic mass is 9.80. The van der Waals surface area contributed by atoms with Crippen LogP contribution in [0.2, 0.25) is 0 Å². The molecule has 16 heavy (non-hydrogen) atoms. The highest BCUT2D eigenvalue weighted by atomic mass is 16.4. The Morgan fingerprint density at radius 2 is 1.94 bits per heavy atom. The first-order valence-corrected chi connectivity index (χ1v) is 5.17. The second-order valence-electron chi connectivity index (χ2n) is 3.77. The van der Waals surface area contributed by atoms with Gasteiger partial charge < -0.3 is 15.4 Å². The minimum atomic E-state index is -1.44. The van der Waals surface area contributed by atoms with E-state index in [-0.39, 0.29) is 11.8 Å². The molecule has 1 aromatic rings. The molecule has 1 atom stereocenters. The van der Waals surface area contributed by atoms with Gasteiger partial charge in [0.25, 0.3) is 0 Å². The van der Waals surface area contributed by atoms with Gasteiger partial charge in [-0.2, -0.15) is 0 Å². The van der Waals surface area contributed by atoms with Crippen LogP contribution >= 0.6 is 0 Å². The smallest absolute Gasteiger partial charge is 0.423 e. The molecule has 0 unspecified atom stereocenters. The molecule has 3 N–H and O–H groups in total. The maximum Gasteiger partial charge on any atom is 0.488 e. The Morgan fingerprint density at radius 1 is 1.38 bits per heavy atom. The lowest BCUT2D eigenvalue weighted by molar-refractivity contribution is -0.118. The van der Waals surface area contributed by atoms with Gasteiger partial charge in [-0.05, 0) is 31.4 Å². The third-order valence-electron chi connectivity index (χ3n) is 2.56. The Bertz CT molecular complexity index is 351. The first-order valence-electron chi connectivity index (χ1n) is 5.17. The summed E-state index contributed by atoms with van der Waals surface area (Å²) in [7, 11) is 0.305. The summed E-state index contributed by atoms with van der Waals surface area (Å²) in [5.74, 6) is 0.0915. The molecule has 0 amide bonds. The van der Waals surface area contributed by atoms with Crippen LogP contribution in [0.15, 0.2) is 24.3 Å². The summed E-state index contributed by atoms with van der Waals surface area (Å²) in [5.41, 5.74) is 1.44. The zero-order chi connectivity index (χ0) is 12.1. The molecule has 0 fully saturated rings. The van der Waals surface area contributed by atoms with Crippen molar-refractivity contribution in [3.8, 4) is 0 Å². The van der Waals surface area contributed by atoms with Gasteiger partial charge in [0.2, 0.25) is 0 Å². The van der Waals surface area contributed by atoms with Crippen molar-refractivity contribution in [2.24, 2.45) is 0 Å². The fraction of sp³-hybridized carbons (Fsp3) is 0.364. The molecular formula is C11H16BNO3. The van der Waals surface area contributed by atoms with Gasteiger partial charge in [-0.1, -0.05) is 24.3 Å². The number of Topliss-reactive ketones (excluding diaryl/α,β-unsaturated/α-hetero) is 1. The van der Waals surface area contributed by atoms with Crippen molar-refractivity contribution >= 4 is 18.4 Å². The molecule has 4 nitrogen and oxygen atoms in total. The predicted octanol–water partition coefficient (Wildman–Crippen LogP) is -0.914. The zero-order valence-electron chi connectivity index (χ0n) is 9.47. The van der Waals surface area contributed by atoms with Crippen LogP contribution in [-0.2, 0) is 11.2 Å². The normalized spacial score (nSPS) is 12.2. The SMILES string of the molecule is CN[C@@H](Cc1ccc(B(O)O)cc1)C(C)=O. The minimum absolute atomic E-state index is 0.0915. The van der Waals surface area contributed by atoms with E-state index in [1.165, 1.54) is 0 Å². The molecule has 0 aliphatic carbocycles. The third-order valence-corrected chi connectivity index (χ3v) is 2.56. The van der Waals surface area contributed by atoms with Crippen LogP contribution in [-0.4, -0.2) is 36.0 Å². The fourth-order valence-corrected chi connectivity index (χ4v) is 1.51. The number of likely N-dealkylation sites (N-methyl/N-ethyl adjacent to an activating group) is 1. The first kappa shape index (κ1) is 12.9. The Balaban J connectivity index is 2.71. The highest BCUT2D eigenvalue weighted by Gasteiger charge is 2.13. The van der Waals surface area contributed by atoms with E-state index in [0.717, 1.165) is 5.56 Å². The minimum Gasteiger partial charge on any atom is -0.423 e. The molecule has 0 saturated carbocycles. The van der Waals surface area contributed by atoms with Gasteiger partial charge in [0.1, 0.15) is 5.78 Å². The molecule has 0 saturated heterocycles. The van der Waals surface area contributed by atoms with E-state index >= 15 is 0 Å². The lowest BCUT2D eigenvalue weighted by Crippen LogP contribution is -2.34. The van der Waals surface area contributed by atoms with Gasteiger partial charge in [0, 0.05) is 0 Å². The first-order chi connectivity index (χ1) is 7.54. The van der Waals surface area contributed by atoms with Gasteiger partial charge in [-0.15, -0.1) is 0 Å². The molecule has 0 aliphatic heterocycles. The molecular weight excluding hydrogens is 205 g/mol. The van der Waals surface area contributed by atoms with Crippen molar-refractivity contribution < 1.29 is 14.8 Å². The second kappa shape index (κ2) is 5.79. The Morgan fingerprint density at radius 3 is 2.31 bits per heavy atom. The van der Waals surface area contributed by atoms with Gasteiger partial charge >= 0.3 is 7.12 Å². The standard InChI is InChI=1S/C11H16BNO3/c1-8(14)11(13-2)7-9-3-5-10(6-4-9)12(15)16/h3-6,11,13,15-16H,7H2,1-2H3/t11-/m0/s1. The van der Waals surface area contributed by atoms with E-state index in [1.807, 2.05) is 0 Å². The largest absolute Gasteiger partial charge is 0.488 e. The van der Waals surface area contributed by atoms with E-state index in [4.69, 9.17) is 10.0 Å². The molecule has 1 aromatic carbocycles. The summed E-state index contributed by atoms with van der Waals surface area (Å²) in [6.45, 7) is 1.55. The highest BCUT2D eigenvalue weighted by molar-refractivity contribution is 6.58. The molecule has 0 aliphatic rings. The van der Waals surface area contributed by atoms with Crippen LogP contribution in [0.5, 0.6) is 0 Å². The average molecular weight is 221 g/mol. The number of hydrogen-bond acceptors (Lipinski definition) is 4. The zero-order valence-corrected chi connectivity index (χ0v) is 9.47. The monoisotopic (exact) mass is 221 g/mol. The van der Waals surface area contributed by atoms with Crippen molar-refractivity contribution in [3.05, 3.63) is 29.8 Å². The molecule has 0 bridgehead atoms. The van der Waals surface area contributed by atoms with Crippen LogP contribution in [0.4, 0.5) is 0 Å². The van der Waals surface area contributed by atoms with Crippen molar-refractivity contribution in [2.75, 3.05) is 7.05 Å². The van der Waals surface area contributed by atoms with E-state index in [0.29, 0.717) is 11.9 Å². The molecule has 1 rings (SSSR count). The maximum absolute atomic E-state index is 11.2. The molecule has 0 radical (unpaired) electrons. The van der Waals surface area contributed by atoms with Crippen LogP contribution in [0.1, 0.15) is 12.5 Å². The number of rotatable bonds is 5. The van der Waals surface area contributed by atoms with Crippen molar-refractivity contribution in [2.45, 2.75) is 19.4 Å². The number of benzene rings is 1. The number of nitrogens with one attached hydrogen (secondary N) is 1. The van der Waals surface area contributed by atoms with Crippen LogP contribution in [0.3, 0.4) is 0 Å². The molecule has 0 aromatic heterocycles. The molecule has 0 spiro atoms. The van der Waals surface area contributed by atoms with Crippen molar-refractivity contribution in [1.82, 2.24) is 5.32 Å². The average Bonchev–Trinajstić information content (AvgIpc) is 2.26. The van der Waals surface area contributed by atoms with Crippen molar-refractivity contribution in [1.29, 1.82) is 0 Å². The summed E-state index contributed by atoms with van der Waals surface area (Å²) in [5, 5.41) is 20.8. The van der Waals surface area contributed by atoms with Gasteiger partial charge in [0.05, 0.1) is 6.04 Å². The maximum atomic E-state index is 11.2. The number of carbonyl (C=O) groups is 1. The van der Waals surface area contributed by atoms with Crippen LogP contribution in [0.25, 0.3) is 0 Å². The van der Waals surface area contributed by atoms with Crippen LogP contribution in [0, 0.1) is 0 Å². The summed E-state index contributed by atoms with van der Waals surface area (Å²) in [6.07, 6.45) is 0.605. The second-order valence-corrected chi connectivity index (χ2v) is 3.77. The van der Waals surface area contributed by atoms with E-state index < -0.39 is 7.12 Å². The quantitative estimate of drug-likeness (QED) is 0.563. The summed E-state index contributed by atoms with van der Waals surface area (Å²) >= 11 is 0. The van der Waals surface area contributed by atoms with E-state index in [1.54, 1.807) is 38.2 Å². The predicted molar refractivity (Wildman–Crippen MR) is 63.5 cm³/mol. The number of carbonyl (C=O) groups excluding carboxylic acids is 1. The molecule has 5 heteroatoms. The third kappa shape index (κ3) is 3.45. The van der Waals surface area contributed by atoms with E-state index in [2.05, 4.69) is 5.32 Å². The Hall–Kier alpha value is -1.17. The van der Waals surface area contributed by atoms with Gasteiger partial charge in [-0.25, -0.2) is 0 Å². The number of hydrogen-bond donors (Lipinski definition) is 3.